The maximum Gasteiger partial charge on any atom is 0.264 e. The molecule has 2 aromatic carbocycles. The van der Waals surface area contributed by atoms with Gasteiger partial charge in [-0.05, 0) is 37.6 Å². The molecule has 4 rings (SSSR count). The van der Waals surface area contributed by atoms with Crippen LogP contribution in [0.5, 0.6) is 5.75 Å². The number of likely N-dealkylation sites (N-methyl/N-ethyl adjacent to an activating group) is 1. The van der Waals surface area contributed by atoms with Crippen molar-refractivity contribution in [3.63, 3.8) is 0 Å². The Kier molecular flexibility index (Phi) is 4.44. The van der Waals surface area contributed by atoms with Crippen LogP contribution in [0.2, 0.25) is 0 Å². The molecule has 1 aliphatic heterocycles. The molecule has 0 aliphatic carbocycles. The molecule has 1 atom stereocenters. The maximum absolute atomic E-state index is 12.9. The van der Waals surface area contributed by atoms with Crippen LogP contribution in [0.3, 0.4) is 0 Å². The van der Waals surface area contributed by atoms with Crippen LogP contribution in [0, 0.1) is 13.8 Å². The van der Waals surface area contributed by atoms with E-state index in [0.717, 1.165) is 34.0 Å². The zero-order valence-electron chi connectivity index (χ0n) is 15.8. The van der Waals surface area contributed by atoms with Crippen LogP contribution < -0.4 is 4.74 Å². The van der Waals surface area contributed by atoms with Gasteiger partial charge in [0.15, 0.2) is 6.10 Å². The van der Waals surface area contributed by atoms with E-state index in [4.69, 9.17) is 4.74 Å². The van der Waals surface area contributed by atoms with Gasteiger partial charge in [0.2, 0.25) is 0 Å². The van der Waals surface area contributed by atoms with Gasteiger partial charge in [0.05, 0.1) is 11.4 Å². The number of hydrogen-bond acceptors (Lipinski definition) is 3. The third-order valence-electron chi connectivity index (χ3n) is 5.14. The lowest BCUT2D eigenvalue weighted by molar-refractivity contribution is -0.137. The van der Waals surface area contributed by atoms with Crippen LogP contribution >= 0.6 is 0 Å². The van der Waals surface area contributed by atoms with Crippen LogP contribution in [0.15, 0.2) is 54.6 Å². The molecule has 5 heteroatoms. The first kappa shape index (κ1) is 17.3. The quantitative estimate of drug-likeness (QED) is 0.715. The molecule has 0 bridgehead atoms. The van der Waals surface area contributed by atoms with Gasteiger partial charge in [-0.3, -0.25) is 4.79 Å². The molecule has 1 unspecified atom stereocenters. The SMILES string of the molecule is Cc1nn(-c2ccccc2)c(C)c1CN(C)C(=O)C1Cc2ccccc2O1. The second-order valence-corrected chi connectivity index (χ2v) is 7.01. The summed E-state index contributed by atoms with van der Waals surface area (Å²) in [7, 11) is 1.83. The van der Waals surface area contributed by atoms with Crippen molar-refractivity contribution in [3.05, 3.63) is 77.1 Å². The van der Waals surface area contributed by atoms with Crippen molar-refractivity contribution in [1.82, 2.24) is 14.7 Å². The standard InChI is InChI=1S/C22H23N3O2/c1-15-19(16(2)25(23-15)18-10-5-4-6-11-18)14-24(3)22(26)21-13-17-9-7-8-12-20(17)27-21/h4-12,21H,13-14H2,1-3H3. The smallest absolute Gasteiger partial charge is 0.264 e. The number of para-hydroxylation sites is 2. The summed E-state index contributed by atoms with van der Waals surface area (Å²) < 4.78 is 7.79. The number of fused-ring (bicyclic) bond motifs is 1. The predicted octanol–water partition coefficient (Wildman–Crippen LogP) is 3.45. The number of nitrogens with zero attached hydrogens (tertiary/aromatic N) is 3. The van der Waals surface area contributed by atoms with Gasteiger partial charge >= 0.3 is 0 Å². The summed E-state index contributed by atoms with van der Waals surface area (Å²) in [6.07, 6.45) is 0.179. The minimum absolute atomic E-state index is 0.00235. The second-order valence-electron chi connectivity index (χ2n) is 7.01. The number of carbonyl (C=O) groups excluding carboxylic acids is 1. The monoisotopic (exact) mass is 361 g/mol. The van der Waals surface area contributed by atoms with Gasteiger partial charge in [0.1, 0.15) is 5.75 Å². The van der Waals surface area contributed by atoms with Gasteiger partial charge in [-0.1, -0.05) is 36.4 Å². The third kappa shape index (κ3) is 3.21. The lowest BCUT2D eigenvalue weighted by Gasteiger charge is -2.21. The topological polar surface area (TPSA) is 47.4 Å². The molecule has 2 heterocycles. The number of ether oxygens (including phenoxy) is 1. The fourth-order valence-corrected chi connectivity index (χ4v) is 3.61. The molecule has 0 radical (unpaired) electrons. The Bertz CT molecular complexity index is 953. The highest BCUT2D eigenvalue weighted by molar-refractivity contribution is 5.82. The van der Waals surface area contributed by atoms with Crippen LogP contribution in [-0.2, 0) is 17.8 Å². The van der Waals surface area contributed by atoms with Gasteiger partial charge in [-0.25, -0.2) is 4.68 Å². The largest absolute Gasteiger partial charge is 0.480 e. The van der Waals surface area contributed by atoms with Gasteiger partial charge in [0.25, 0.3) is 5.91 Å². The van der Waals surface area contributed by atoms with Gasteiger partial charge in [-0.15, -0.1) is 0 Å². The minimum atomic E-state index is -0.447. The van der Waals surface area contributed by atoms with E-state index in [2.05, 4.69) is 5.10 Å². The molecule has 138 valence electrons. The first-order valence-corrected chi connectivity index (χ1v) is 9.14. The van der Waals surface area contributed by atoms with Crippen LogP contribution in [-0.4, -0.2) is 33.7 Å². The highest BCUT2D eigenvalue weighted by atomic mass is 16.5. The zero-order chi connectivity index (χ0) is 19.0. The summed E-state index contributed by atoms with van der Waals surface area (Å²) in [4.78, 5) is 14.6. The highest BCUT2D eigenvalue weighted by Crippen LogP contribution is 2.29. The van der Waals surface area contributed by atoms with Gasteiger partial charge in [-0.2, -0.15) is 5.10 Å². The van der Waals surface area contributed by atoms with Crippen LogP contribution in [0.4, 0.5) is 0 Å². The number of benzene rings is 2. The van der Waals surface area contributed by atoms with Crippen LogP contribution in [0.1, 0.15) is 22.5 Å². The fourth-order valence-electron chi connectivity index (χ4n) is 3.61. The molecule has 1 aromatic heterocycles. The molecule has 27 heavy (non-hydrogen) atoms. The molecule has 0 saturated heterocycles. The Morgan fingerprint density at radius 1 is 1.15 bits per heavy atom. The van der Waals surface area contributed by atoms with Gasteiger partial charge < -0.3 is 9.64 Å². The number of aryl methyl sites for hydroxylation is 1. The molecule has 0 saturated carbocycles. The number of carbonyl (C=O) groups is 1. The Morgan fingerprint density at radius 2 is 1.85 bits per heavy atom. The molecule has 1 aliphatic rings. The molecular formula is C22H23N3O2. The fraction of sp³-hybridized carbons (Fsp3) is 0.273. The van der Waals surface area contributed by atoms with Crippen molar-refractivity contribution >= 4 is 5.91 Å². The molecular weight excluding hydrogens is 338 g/mol. The van der Waals surface area contributed by atoms with Gasteiger partial charge in [0, 0.05) is 31.3 Å². The Balaban J connectivity index is 1.51. The Morgan fingerprint density at radius 3 is 2.59 bits per heavy atom. The average Bonchev–Trinajstić information content (AvgIpc) is 3.24. The average molecular weight is 361 g/mol. The van der Waals surface area contributed by atoms with E-state index in [1.165, 1.54) is 0 Å². The maximum atomic E-state index is 12.9. The Labute approximate surface area is 159 Å². The molecule has 5 nitrogen and oxygen atoms in total. The zero-order valence-corrected chi connectivity index (χ0v) is 15.8. The minimum Gasteiger partial charge on any atom is -0.480 e. The van der Waals surface area contributed by atoms with Crippen molar-refractivity contribution in [3.8, 4) is 11.4 Å². The molecule has 3 aromatic rings. The molecule has 0 spiro atoms. The third-order valence-corrected chi connectivity index (χ3v) is 5.14. The van der Waals surface area contributed by atoms with E-state index < -0.39 is 6.10 Å². The number of amides is 1. The summed E-state index contributed by atoms with van der Waals surface area (Å²) in [6.45, 7) is 4.55. The first-order valence-electron chi connectivity index (χ1n) is 9.14. The van der Waals surface area contributed by atoms with E-state index in [-0.39, 0.29) is 5.91 Å². The summed E-state index contributed by atoms with van der Waals surface area (Å²) in [5.41, 5.74) is 5.17. The molecule has 0 fully saturated rings. The van der Waals surface area contributed by atoms with Crippen molar-refractivity contribution in [2.24, 2.45) is 0 Å². The Hall–Kier alpha value is -3.08. The molecule has 1 amide bonds. The highest BCUT2D eigenvalue weighted by Gasteiger charge is 2.31. The summed E-state index contributed by atoms with van der Waals surface area (Å²) in [5, 5.41) is 4.67. The van der Waals surface area contributed by atoms with E-state index in [0.29, 0.717) is 13.0 Å². The normalized spacial score (nSPS) is 15.3. The first-order chi connectivity index (χ1) is 13.0. The van der Waals surface area contributed by atoms with E-state index in [1.54, 1.807) is 4.90 Å². The van der Waals surface area contributed by atoms with Crippen molar-refractivity contribution in [2.45, 2.75) is 32.9 Å². The number of hydrogen-bond donors (Lipinski definition) is 0. The number of rotatable bonds is 4. The summed E-state index contributed by atoms with van der Waals surface area (Å²) in [5.74, 6) is 0.811. The van der Waals surface area contributed by atoms with Crippen molar-refractivity contribution in [1.29, 1.82) is 0 Å². The van der Waals surface area contributed by atoms with Crippen molar-refractivity contribution < 1.29 is 9.53 Å². The predicted molar refractivity (Wildman–Crippen MR) is 104 cm³/mol. The lowest BCUT2D eigenvalue weighted by atomic mass is 10.1. The van der Waals surface area contributed by atoms with Crippen molar-refractivity contribution in [2.75, 3.05) is 7.05 Å². The lowest BCUT2D eigenvalue weighted by Crippen LogP contribution is -2.38. The van der Waals surface area contributed by atoms with E-state index in [1.807, 2.05) is 80.2 Å². The summed E-state index contributed by atoms with van der Waals surface area (Å²) >= 11 is 0. The number of aromatic nitrogens is 2. The summed E-state index contributed by atoms with van der Waals surface area (Å²) in [6, 6.07) is 17.9. The molecule has 0 N–H and O–H groups in total. The van der Waals surface area contributed by atoms with E-state index in [9.17, 15) is 4.79 Å². The van der Waals surface area contributed by atoms with Crippen LogP contribution in [0.25, 0.3) is 5.69 Å². The second kappa shape index (κ2) is 6.91. The van der Waals surface area contributed by atoms with E-state index >= 15 is 0 Å².